The Morgan fingerprint density at radius 3 is 1.12 bits per heavy atom. The number of rotatable bonds is 12. The lowest BCUT2D eigenvalue weighted by Crippen LogP contribution is -2.24. The van der Waals surface area contributed by atoms with E-state index in [4.69, 9.17) is 38.8 Å². The third-order valence-corrected chi connectivity index (χ3v) is 5.08. The molecule has 0 rings (SSSR count). The smallest absolute Gasteiger partial charge is 0.465 e. The maximum Gasteiger partial charge on any atom is 0.472 e. The Kier molecular flexibility index (Phi) is 20.6. The van der Waals surface area contributed by atoms with Crippen LogP contribution in [0.2, 0.25) is 0 Å². The van der Waals surface area contributed by atoms with Crippen molar-refractivity contribution >= 4 is 41.4 Å². The molecule has 0 aromatic rings. The molecule has 0 atom stereocenters. The average molecular weight is 678 g/mol. The largest absolute Gasteiger partial charge is 0.472 e. The number of phosphoric acid groups is 3. The fraction of sp³-hybridized carbons (Fsp3) is 0.857. The highest BCUT2D eigenvalue weighted by atomic mass is 31.2. The van der Waals surface area contributed by atoms with Gasteiger partial charge in [-0.2, -0.15) is 0 Å². The first-order chi connectivity index (χ1) is 18.4. The van der Waals surface area contributed by atoms with Crippen LogP contribution in [0.25, 0.3) is 0 Å². The molecule has 0 radical (unpaired) electrons. The lowest BCUT2D eigenvalue weighted by Gasteiger charge is -2.16. The van der Waals surface area contributed by atoms with Crippen LogP contribution in [0.3, 0.4) is 0 Å². The molecule has 0 amide bonds. The molecule has 0 aliphatic heterocycles. The van der Waals surface area contributed by atoms with Gasteiger partial charge in [0.25, 0.3) is 0 Å². The van der Waals surface area contributed by atoms with Gasteiger partial charge in [-0.15, -0.1) is 0 Å². The summed E-state index contributed by atoms with van der Waals surface area (Å²) < 4.78 is 56.7. The lowest BCUT2D eigenvalue weighted by atomic mass is 9.97. The van der Waals surface area contributed by atoms with Crippen molar-refractivity contribution in [3.8, 4) is 0 Å². The number of ether oxygens (including phenoxy) is 3. The predicted molar refractivity (Wildman–Crippen MR) is 145 cm³/mol. The highest BCUT2D eigenvalue weighted by Gasteiger charge is 2.25. The van der Waals surface area contributed by atoms with E-state index in [1.54, 1.807) is 62.3 Å². The SMILES string of the molecule is CC(C)(C)C(=O)OCCCOP(=O)(O)O.CC(C)(C)C(=O)OCCOP(=O)(O)O.CC(C)(C)C(=O)OCOP(=O)(O)O. The zero-order chi connectivity index (χ0) is 34.2. The van der Waals surface area contributed by atoms with E-state index in [1.807, 2.05) is 0 Å². The minimum absolute atomic E-state index is 0.0934. The van der Waals surface area contributed by atoms with Crippen LogP contribution in [0.5, 0.6) is 0 Å². The van der Waals surface area contributed by atoms with E-state index in [1.165, 1.54) is 0 Å². The van der Waals surface area contributed by atoms with Crippen LogP contribution >= 0.6 is 23.5 Å². The third kappa shape index (κ3) is 33.2. The van der Waals surface area contributed by atoms with Crippen LogP contribution in [0.4, 0.5) is 0 Å². The molecule has 42 heavy (non-hydrogen) atoms. The maximum atomic E-state index is 11.2. The van der Waals surface area contributed by atoms with Crippen molar-refractivity contribution in [3.05, 3.63) is 0 Å². The molecular formula is C21H45O18P3. The first kappa shape index (κ1) is 45.2. The first-order valence-corrected chi connectivity index (χ1v) is 16.6. The van der Waals surface area contributed by atoms with Crippen LogP contribution in [0, 0.1) is 16.2 Å². The summed E-state index contributed by atoms with van der Waals surface area (Å²) in [5.41, 5.74) is -1.90. The van der Waals surface area contributed by atoms with E-state index in [2.05, 4.69) is 18.3 Å². The van der Waals surface area contributed by atoms with Gasteiger partial charge in [0.05, 0.1) is 36.1 Å². The molecule has 0 bridgehead atoms. The van der Waals surface area contributed by atoms with E-state index in [9.17, 15) is 28.1 Å². The molecule has 0 aromatic heterocycles. The van der Waals surface area contributed by atoms with Crippen molar-refractivity contribution in [1.82, 2.24) is 0 Å². The Hall–Kier alpha value is -1.26. The van der Waals surface area contributed by atoms with Crippen molar-refractivity contribution < 1.29 is 85.2 Å². The van der Waals surface area contributed by atoms with Crippen LogP contribution in [-0.4, -0.2) is 80.5 Å². The molecule has 0 heterocycles. The summed E-state index contributed by atoms with van der Waals surface area (Å²) in [6, 6.07) is 0. The summed E-state index contributed by atoms with van der Waals surface area (Å²) in [6.07, 6.45) is 0.257. The van der Waals surface area contributed by atoms with Gasteiger partial charge in [0.1, 0.15) is 6.61 Å². The molecule has 0 saturated carbocycles. The van der Waals surface area contributed by atoms with E-state index in [0.717, 1.165) is 0 Å². The number of carbonyl (C=O) groups is 3. The fourth-order valence-electron chi connectivity index (χ4n) is 1.50. The van der Waals surface area contributed by atoms with Crippen molar-refractivity contribution in [2.75, 3.05) is 33.2 Å². The van der Waals surface area contributed by atoms with Gasteiger partial charge in [-0.25, -0.2) is 18.2 Å². The predicted octanol–water partition coefficient (Wildman–Crippen LogP) is 2.40. The van der Waals surface area contributed by atoms with Crippen molar-refractivity contribution in [2.45, 2.75) is 68.7 Å². The monoisotopic (exact) mass is 678 g/mol. The summed E-state index contributed by atoms with van der Waals surface area (Å²) >= 11 is 0. The highest BCUT2D eigenvalue weighted by Crippen LogP contribution is 2.36. The molecule has 18 nitrogen and oxygen atoms in total. The van der Waals surface area contributed by atoms with Gasteiger partial charge in [0.2, 0.25) is 6.79 Å². The van der Waals surface area contributed by atoms with Crippen LogP contribution < -0.4 is 0 Å². The van der Waals surface area contributed by atoms with E-state index in [-0.39, 0.29) is 38.8 Å². The van der Waals surface area contributed by atoms with Gasteiger partial charge in [-0.1, -0.05) is 0 Å². The van der Waals surface area contributed by atoms with Crippen molar-refractivity contribution in [3.63, 3.8) is 0 Å². The zero-order valence-corrected chi connectivity index (χ0v) is 27.8. The Bertz CT molecular complexity index is 958. The molecule has 0 aliphatic carbocycles. The number of carbonyl (C=O) groups excluding carboxylic acids is 3. The maximum absolute atomic E-state index is 11.2. The van der Waals surface area contributed by atoms with Crippen LogP contribution in [0.15, 0.2) is 0 Å². The standard InChI is InChI=1S/C8H17O6P.C7H15O6P.C6H13O6P/c1-8(2,3)7(9)13-5-4-6-14-15(10,11)12;1-7(2,3)6(8)12-4-5-13-14(9,10)11;1-6(2,3)5(7)11-4-12-13(8,9)10/h4-6H2,1-3H3,(H2,10,11,12);4-5H2,1-3H3,(H2,9,10,11);4H2,1-3H3,(H2,8,9,10). The van der Waals surface area contributed by atoms with E-state index in [0.29, 0.717) is 0 Å². The molecule has 0 saturated heterocycles. The molecular weight excluding hydrogens is 633 g/mol. The molecule has 0 aliphatic rings. The van der Waals surface area contributed by atoms with E-state index < -0.39 is 58.4 Å². The second kappa shape index (κ2) is 19.2. The highest BCUT2D eigenvalue weighted by molar-refractivity contribution is 7.46. The second-order valence-corrected chi connectivity index (χ2v) is 14.9. The molecule has 0 spiro atoms. The van der Waals surface area contributed by atoms with Gasteiger partial charge in [-0.3, -0.25) is 23.4 Å². The molecule has 0 unspecified atom stereocenters. The molecule has 0 aromatic carbocycles. The van der Waals surface area contributed by atoms with Crippen LogP contribution in [0.1, 0.15) is 68.7 Å². The van der Waals surface area contributed by atoms with Gasteiger partial charge in [-0.05, 0) is 62.3 Å². The normalized spacial score (nSPS) is 12.6. The molecule has 21 heteroatoms. The van der Waals surface area contributed by atoms with Gasteiger partial charge >= 0.3 is 41.4 Å². The first-order valence-electron chi connectivity index (χ1n) is 12.0. The fourth-order valence-corrected chi connectivity index (χ4v) is 2.37. The van der Waals surface area contributed by atoms with Crippen molar-refractivity contribution in [2.24, 2.45) is 16.2 Å². The Morgan fingerprint density at radius 1 is 0.476 bits per heavy atom. The summed E-state index contributed by atoms with van der Waals surface area (Å²) in [7, 11) is -13.4. The average Bonchev–Trinajstić information content (AvgIpc) is 2.72. The lowest BCUT2D eigenvalue weighted by molar-refractivity contribution is -0.160. The number of hydrogen-bond acceptors (Lipinski definition) is 12. The summed E-state index contributed by atoms with van der Waals surface area (Å²) in [5.74, 6) is -1.37. The topological polar surface area (TPSA) is 279 Å². The number of esters is 3. The Morgan fingerprint density at radius 2 is 0.786 bits per heavy atom. The Balaban J connectivity index is -0.000000545. The summed E-state index contributed by atoms with van der Waals surface area (Å²) in [6.45, 7) is 13.8. The minimum Gasteiger partial charge on any atom is -0.465 e. The number of hydrogen-bond donors (Lipinski definition) is 6. The van der Waals surface area contributed by atoms with Gasteiger partial charge < -0.3 is 43.6 Å². The van der Waals surface area contributed by atoms with Gasteiger partial charge in [0.15, 0.2) is 0 Å². The second-order valence-electron chi connectivity index (χ2n) is 11.2. The van der Waals surface area contributed by atoms with E-state index >= 15 is 0 Å². The third-order valence-electron chi connectivity index (χ3n) is 3.61. The van der Waals surface area contributed by atoms with Crippen LogP contribution in [-0.2, 0) is 55.9 Å². The minimum atomic E-state index is -4.55. The zero-order valence-electron chi connectivity index (χ0n) is 25.2. The Labute approximate surface area is 245 Å². The molecule has 252 valence electrons. The summed E-state index contributed by atoms with van der Waals surface area (Å²) in [4.78, 5) is 83.0. The van der Waals surface area contributed by atoms with Crippen molar-refractivity contribution in [1.29, 1.82) is 0 Å². The molecule has 6 N–H and O–H groups in total. The molecule has 0 fully saturated rings. The van der Waals surface area contributed by atoms with Gasteiger partial charge in [0, 0.05) is 6.42 Å². The number of phosphoric ester groups is 3. The summed E-state index contributed by atoms with van der Waals surface area (Å²) in [5, 5.41) is 0. The quantitative estimate of drug-likeness (QED) is 0.0568.